The van der Waals surface area contributed by atoms with Crippen LogP contribution in [-0.2, 0) is 0 Å². The third kappa shape index (κ3) is 1.33. The molecule has 0 radical (unpaired) electrons. The largest absolute Gasteiger partial charge is 0.762 e. The van der Waals surface area contributed by atoms with Crippen molar-refractivity contribution in [2.45, 2.75) is 0 Å². The molecule has 0 N–H and O–H groups in total. The number of hydrogen-bond donors (Lipinski definition) is 0. The zero-order chi connectivity index (χ0) is 5.70. The molecule has 0 saturated heterocycles. The third-order valence-electron chi connectivity index (χ3n) is 0.335. The molecule has 0 aliphatic carbocycles. The smallest absolute Gasteiger partial charge is 0.148 e. The molecule has 0 aliphatic rings. The Balaban J connectivity index is 4.35. The van der Waals surface area contributed by atoms with E-state index in [1.54, 1.807) is 0 Å². The monoisotopic (exact) mass is 90.0 g/mol. The summed E-state index contributed by atoms with van der Waals surface area (Å²) in [6.07, 6.45) is 0. The number of rotatable bonds is 0. The molecule has 0 rings (SSSR count). The summed E-state index contributed by atoms with van der Waals surface area (Å²) in [6.45, 7) is 0. The molecule has 0 amide bonds. The number of allylic oxidation sites excluding steroid dienone is 1. The lowest BCUT2D eigenvalue weighted by Gasteiger charge is -1.68. The van der Waals surface area contributed by atoms with E-state index in [0.29, 0.717) is 0 Å². The summed E-state index contributed by atoms with van der Waals surface area (Å²) in [6, 6.07) is 2.79. The minimum Gasteiger partial charge on any atom is -0.762 e. The van der Waals surface area contributed by atoms with Gasteiger partial charge in [0.1, 0.15) is 17.7 Å². The van der Waals surface area contributed by atoms with E-state index in [1.807, 2.05) is 0 Å². The number of nitrogens with zero attached hydrogens (tertiary/aromatic N) is 3. The topological polar surface area (TPSA) is 69.9 Å². The van der Waals surface area contributed by atoms with Gasteiger partial charge in [0, 0.05) is 0 Å². The minimum atomic E-state index is -0.403. The van der Waals surface area contributed by atoms with Crippen LogP contribution >= 0.6 is 0 Å². The van der Waals surface area contributed by atoms with Crippen LogP contribution < -0.4 is 0 Å². The highest BCUT2D eigenvalue weighted by molar-refractivity contribution is 5.71. The van der Waals surface area contributed by atoms with Crippen molar-refractivity contribution < 1.29 is 0 Å². The maximum atomic E-state index is 7.79. The lowest BCUT2D eigenvalue weighted by Crippen LogP contribution is -1.66. The van der Waals surface area contributed by atoms with E-state index < -0.39 is 5.57 Å². The van der Waals surface area contributed by atoms with Gasteiger partial charge in [-0.3, -0.25) is 0 Å². The van der Waals surface area contributed by atoms with E-state index in [2.05, 4.69) is 0 Å². The predicted octanol–water partition coefficient (Wildman–Crippen LogP) is 0.199. The third-order valence-corrected chi connectivity index (χ3v) is 0.335. The molecule has 0 bridgehead atoms. The van der Waals surface area contributed by atoms with Crippen LogP contribution in [0, 0.1) is 22.7 Å². The Kier molecular flexibility index (Phi) is 2.06. The molecule has 3 heteroatoms. The first-order chi connectivity index (χ1) is 3.35. The molecular weight excluding hydrogens is 90.1 g/mol. The first kappa shape index (κ1) is 5.43. The van der Waals surface area contributed by atoms with Crippen molar-refractivity contribution in [1.82, 2.24) is 0 Å². The zero-order valence-corrected chi connectivity index (χ0v) is 3.34. The molecule has 0 aromatic heterocycles. The quantitative estimate of drug-likeness (QED) is 0.315. The zero-order valence-electron chi connectivity index (χ0n) is 3.34. The van der Waals surface area contributed by atoms with Crippen LogP contribution in [0.3, 0.4) is 0 Å². The van der Waals surface area contributed by atoms with E-state index >= 15 is 0 Å². The number of hydrogen-bond acceptors (Lipinski definition) is 2. The van der Waals surface area contributed by atoms with Crippen LogP contribution in [0.4, 0.5) is 0 Å². The summed E-state index contributed by atoms with van der Waals surface area (Å²) >= 11 is 0. The van der Waals surface area contributed by atoms with Gasteiger partial charge in [-0.05, 0) is 0 Å². The van der Waals surface area contributed by atoms with Gasteiger partial charge >= 0.3 is 0 Å². The molecule has 0 aliphatic heterocycles. The Morgan fingerprint density at radius 3 is 1.71 bits per heavy atom. The Morgan fingerprint density at radius 1 is 1.29 bits per heavy atom. The van der Waals surface area contributed by atoms with Gasteiger partial charge in [-0.15, -0.1) is 0 Å². The highest BCUT2D eigenvalue weighted by atomic mass is 14.3. The SMILES string of the molecule is N#CC(=C=[N-])C#N. The second-order valence-corrected chi connectivity index (χ2v) is 0.710. The normalized spacial score (nSPS) is 4.86. The molecular formula is C4N3-. The van der Waals surface area contributed by atoms with Gasteiger partial charge in [-0.1, -0.05) is 0 Å². The van der Waals surface area contributed by atoms with Crippen molar-refractivity contribution in [3.8, 4) is 12.1 Å². The van der Waals surface area contributed by atoms with Gasteiger partial charge in [0.2, 0.25) is 0 Å². The van der Waals surface area contributed by atoms with Crippen LogP contribution in [0.15, 0.2) is 5.57 Å². The summed E-state index contributed by atoms with van der Waals surface area (Å²) in [5, 5.41) is 23.4. The van der Waals surface area contributed by atoms with Crippen molar-refractivity contribution in [3.05, 3.63) is 11.0 Å². The lowest BCUT2D eigenvalue weighted by molar-refractivity contribution is 1.48. The fourth-order valence-electron chi connectivity index (χ4n) is 0.0750. The molecule has 7 heavy (non-hydrogen) atoms. The Morgan fingerprint density at radius 2 is 1.71 bits per heavy atom. The van der Waals surface area contributed by atoms with Crippen molar-refractivity contribution >= 4 is 5.87 Å². The van der Waals surface area contributed by atoms with Gasteiger partial charge in [-0.25, -0.2) is 5.87 Å². The van der Waals surface area contributed by atoms with Crippen molar-refractivity contribution in [3.63, 3.8) is 0 Å². The molecule has 0 unspecified atom stereocenters. The molecule has 0 spiro atoms. The van der Waals surface area contributed by atoms with Gasteiger partial charge in [0.05, 0.1) is 0 Å². The average Bonchev–Trinajstić information content (AvgIpc) is 1.72. The fourth-order valence-corrected chi connectivity index (χ4v) is 0.0750. The van der Waals surface area contributed by atoms with Gasteiger partial charge in [0.25, 0.3) is 0 Å². The Bertz CT molecular complexity index is 168. The second kappa shape index (κ2) is 2.66. The first-order valence-corrected chi connectivity index (χ1v) is 1.42. The second-order valence-electron chi connectivity index (χ2n) is 0.710. The van der Waals surface area contributed by atoms with Crippen LogP contribution in [0.1, 0.15) is 0 Å². The van der Waals surface area contributed by atoms with E-state index in [1.165, 1.54) is 18.0 Å². The molecule has 0 atom stereocenters. The van der Waals surface area contributed by atoms with Crippen LogP contribution in [-0.4, -0.2) is 5.87 Å². The summed E-state index contributed by atoms with van der Waals surface area (Å²) in [7, 11) is 0. The first-order valence-electron chi connectivity index (χ1n) is 1.42. The highest BCUT2D eigenvalue weighted by Gasteiger charge is 1.77. The molecule has 0 fully saturated rings. The average molecular weight is 90.1 g/mol. The maximum Gasteiger partial charge on any atom is 0.148 e. The molecule has 0 saturated carbocycles. The van der Waals surface area contributed by atoms with E-state index in [0.717, 1.165) is 0 Å². The van der Waals surface area contributed by atoms with E-state index in [9.17, 15) is 0 Å². The van der Waals surface area contributed by atoms with Crippen LogP contribution in [0.5, 0.6) is 0 Å². The summed E-state index contributed by atoms with van der Waals surface area (Å²) < 4.78 is 0. The van der Waals surface area contributed by atoms with Crippen molar-refractivity contribution in [1.29, 1.82) is 10.5 Å². The molecule has 0 aromatic rings. The molecule has 0 aromatic carbocycles. The fraction of sp³-hybridized carbons (Fsp3) is 0. The summed E-state index contributed by atoms with van der Waals surface area (Å²) in [5.41, 5.74) is -0.403. The maximum absolute atomic E-state index is 7.79. The molecule has 3 nitrogen and oxygen atoms in total. The standard InChI is InChI=1S/C4N3/c5-1-4(2-6)3-7/q-1. The van der Waals surface area contributed by atoms with Crippen LogP contribution in [0.2, 0.25) is 0 Å². The van der Waals surface area contributed by atoms with Crippen molar-refractivity contribution in [2.24, 2.45) is 0 Å². The van der Waals surface area contributed by atoms with Crippen LogP contribution in [0.25, 0.3) is 5.41 Å². The summed E-state index contributed by atoms with van der Waals surface area (Å²) in [5.74, 6) is 1.40. The Hall–Kier alpha value is -1.57. The van der Waals surface area contributed by atoms with E-state index in [4.69, 9.17) is 15.9 Å². The number of nitriles is 2. The lowest BCUT2D eigenvalue weighted by atomic mass is 10.4. The van der Waals surface area contributed by atoms with Crippen molar-refractivity contribution in [2.75, 3.05) is 0 Å². The summed E-state index contributed by atoms with van der Waals surface area (Å²) in [4.78, 5) is 0. The van der Waals surface area contributed by atoms with E-state index in [-0.39, 0.29) is 0 Å². The van der Waals surface area contributed by atoms with Gasteiger partial charge in [-0.2, -0.15) is 10.5 Å². The van der Waals surface area contributed by atoms with Gasteiger partial charge in [0.15, 0.2) is 0 Å². The molecule has 0 heterocycles. The Labute approximate surface area is 40.6 Å². The predicted molar refractivity (Wildman–Crippen MR) is 23.1 cm³/mol. The van der Waals surface area contributed by atoms with Gasteiger partial charge < -0.3 is 5.41 Å². The highest BCUT2D eigenvalue weighted by Crippen LogP contribution is 1.75. The molecule has 32 valence electrons. The minimum absolute atomic E-state index is 0.403.